The summed E-state index contributed by atoms with van der Waals surface area (Å²) in [5, 5.41) is 0.665. The van der Waals surface area contributed by atoms with Gasteiger partial charge in [0.25, 0.3) is 5.91 Å². The van der Waals surface area contributed by atoms with Crippen molar-refractivity contribution in [1.29, 1.82) is 0 Å². The molecule has 1 aliphatic rings. The van der Waals surface area contributed by atoms with E-state index >= 15 is 0 Å². The lowest BCUT2D eigenvalue weighted by Gasteiger charge is -2.36. The number of hydrogen-bond donors (Lipinski definition) is 0. The third-order valence-electron chi connectivity index (χ3n) is 6.04. The number of carbonyl (C=O) groups excluding carboxylic acids is 1. The minimum absolute atomic E-state index is 0.180. The summed E-state index contributed by atoms with van der Waals surface area (Å²) < 4.78 is 33.9. The summed E-state index contributed by atoms with van der Waals surface area (Å²) in [6.45, 7) is 5.26. The van der Waals surface area contributed by atoms with Crippen LogP contribution in [0, 0.1) is 18.6 Å². The molecule has 4 nitrogen and oxygen atoms in total. The van der Waals surface area contributed by atoms with Crippen molar-refractivity contribution in [3.8, 4) is 0 Å². The molecule has 0 saturated carbocycles. The monoisotopic (exact) mass is 484 g/mol. The van der Waals surface area contributed by atoms with Crippen molar-refractivity contribution >= 4 is 17.5 Å². The van der Waals surface area contributed by atoms with Gasteiger partial charge in [-0.3, -0.25) is 9.69 Å². The largest absolute Gasteiger partial charge is 0.368 e. The van der Waals surface area contributed by atoms with Gasteiger partial charge in [-0.1, -0.05) is 59.6 Å². The number of piperazine rings is 1. The molecular weight excluding hydrogens is 458 g/mol. The molecule has 0 spiro atoms. The van der Waals surface area contributed by atoms with E-state index in [1.54, 1.807) is 4.90 Å². The molecular formula is C27H27ClF2N2O2. The van der Waals surface area contributed by atoms with E-state index in [0.717, 1.165) is 17.2 Å². The molecule has 1 atom stereocenters. The van der Waals surface area contributed by atoms with Crippen molar-refractivity contribution < 1.29 is 18.3 Å². The first-order chi connectivity index (χ1) is 16.4. The predicted molar refractivity (Wildman–Crippen MR) is 129 cm³/mol. The van der Waals surface area contributed by atoms with Crippen molar-refractivity contribution in [2.75, 3.05) is 32.7 Å². The van der Waals surface area contributed by atoms with Crippen molar-refractivity contribution in [1.82, 2.24) is 9.80 Å². The number of halogens is 3. The van der Waals surface area contributed by atoms with Crippen LogP contribution < -0.4 is 0 Å². The quantitative estimate of drug-likeness (QED) is 0.435. The number of amides is 1. The highest BCUT2D eigenvalue weighted by molar-refractivity contribution is 6.30. The van der Waals surface area contributed by atoms with Crippen LogP contribution in [0.4, 0.5) is 8.78 Å². The number of aryl methyl sites for hydroxylation is 1. The van der Waals surface area contributed by atoms with Crippen molar-refractivity contribution in [2.24, 2.45) is 0 Å². The third kappa shape index (κ3) is 6.00. The zero-order valence-electron chi connectivity index (χ0n) is 19.0. The maximum atomic E-state index is 14.1. The van der Waals surface area contributed by atoms with E-state index in [2.05, 4.69) is 24.0 Å². The van der Waals surface area contributed by atoms with E-state index in [1.165, 1.54) is 17.7 Å². The molecule has 178 valence electrons. The van der Waals surface area contributed by atoms with Gasteiger partial charge in [0.15, 0.2) is 11.6 Å². The van der Waals surface area contributed by atoms with E-state index in [4.69, 9.17) is 16.3 Å². The zero-order chi connectivity index (χ0) is 24.1. The molecule has 1 heterocycles. The van der Waals surface area contributed by atoms with Crippen LogP contribution >= 0.6 is 11.6 Å². The fourth-order valence-corrected chi connectivity index (χ4v) is 4.26. The lowest BCUT2D eigenvalue weighted by atomic mass is 10.1. The van der Waals surface area contributed by atoms with Gasteiger partial charge in [0.05, 0.1) is 18.3 Å². The number of carbonyl (C=O) groups is 1. The molecule has 0 N–H and O–H groups in total. The van der Waals surface area contributed by atoms with Crippen LogP contribution in [-0.4, -0.2) is 48.4 Å². The van der Waals surface area contributed by atoms with Crippen LogP contribution in [0.3, 0.4) is 0 Å². The van der Waals surface area contributed by atoms with Gasteiger partial charge in [-0.15, -0.1) is 0 Å². The molecule has 4 rings (SSSR count). The highest BCUT2D eigenvalue weighted by Gasteiger charge is 2.27. The predicted octanol–water partition coefficient (Wildman–Crippen LogP) is 5.64. The minimum atomic E-state index is -1.10. The zero-order valence-corrected chi connectivity index (χ0v) is 19.8. The number of ether oxygens (including phenoxy) is 1. The maximum absolute atomic E-state index is 14.1. The first-order valence-corrected chi connectivity index (χ1v) is 11.7. The van der Waals surface area contributed by atoms with E-state index in [1.807, 2.05) is 36.4 Å². The van der Waals surface area contributed by atoms with Crippen molar-refractivity contribution in [3.05, 3.63) is 106 Å². The molecule has 1 aliphatic heterocycles. The van der Waals surface area contributed by atoms with E-state index in [0.29, 0.717) is 44.4 Å². The second-order valence-corrected chi connectivity index (χ2v) is 8.97. The molecule has 0 radical (unpaired) electrons. The summed E-state index contributed by atoms with van der Waals surface area (Å²) >= 11 is 6.08. The Morgan fingerprint density at radius 2 is 1.71 bits per heavy atom. The molecule has 3 aromatic rings. The van der Waals surface area contributed by atoms with Gasteiger partial charge < -0.3 is 9.64 Å². The molecule has 7 heteroatoms. The van der Waals surface area contributed by atoms with E-state index in [9.17, 15) is 13.6 Å². The Balaban J connectivity index is 1.40. The van der Waals surface area contributed by atoms with Gasteiger partial charge in [-0.05, 0) is 42.3 Å². The van der Waals surface area contributed by atoms with Crippen LogP contribution in [-0.2, 0) is 11.3 Å². The van der Waals surface area contributed by atoms with E-state index < -0.39 is 17.5 Å². The van der Waals surface area contributed by atoms with Crippen molar-refractivity contribution in [3.63, 3.8) is 0 Å². The normalized spacial score (nSPS) is 15.4. The lowest BCUT2D eigenvalue weighted by molar-refractivity contribution is 0.00336. The lowest BCUT2D eigenvalue weighted by Crippen LogP contribution is -2.49. The van der Waals surface area contributed by atoms with E-state index in [-0.39, 0.29) is 11.7 Å². The molecule has 3 aromatic carbocycles. The average molecular weight is 485 g/mol. The summed E-state index contributed by atoms with van der Waals surface area (Å²) in [4.78, 5) is 16.5. The summed E-state index contributed by atoms with van der Waals surface area (Å²) in [7, 11) is 0. The van der Waals surface area contributed by atoms with Gasteiger partial charge in [0, 0.05) is 37.7 Å². The van der Waals surface area contributed by atoms with Crippen molar-refractivity contribution in [2.45, 2.75) is 19.6 Å². The average Bonchev–Trinajstić information content (AvgIpc) is 2.84. The fourth-order valence-electron chi connectivity index (χ4n) is 4.14. The topological polar surface area (TPSA) is 32.8 Å². The Kier molecular flexibility index (Phi) is 7.93. The van der Waals surface area contributed by atoms with Crippen LogP contribution in [0.25, 0.3) is 0 Å². The van der Waals surface area contributed by atoms with Crippen LogP contribution in [0.2, 0.25) is 5.02 Å². The molecule has 0 bridgehead atoms. The molecule has 34 heavy (non-hydrogen) atoms. The summed E-state index contributed by atoms with van der Waals surface area (Å²) in [5.41, 5.74) is 3.08. The Bertz CT molecular complexity index is 1130. The smallest absolute Gasteiger partial charge is 0.257 e. The Labute approximate surface area is 203 Å². The Morgan fingerprint density at radius 1 is 1.00 bits per heavy atom. The first kappa shape index (κ1) is 24.3. The standard InChI is InChI=1S/C27H27ClF2N2O2/c1-19-4-2-5-20(16-19)18-34-25(21-8-10-22(28)11-9-21)17-31-12-14-32(15-13-31)27(33)23-6-3-7-24(29)26(23)30/h2-11,16,25H,12-15,17-18H2,1H3. The molecule has 1 saturated heterocycles. The van der Waals surface area contributed by atoms with Crippen LogP contribution in [0.15, 0.2) is 66.7 Å². The molecule has 1 amide bonds. The fraction of sp³-hybridized carbons (Fsp3) is 0.296. The second-order valence-electron chi connectivity index (χ2n) is 8.53. The summed E-state index contributed by atoms with van der Waals surface area (Å²) in [6.07, 6.45) is -0.180. The van der Waals surface area contributed by atoms with Gasteiger partial charge in [-0.25, -0.2) is 8.78 Å². The Morgan fingerprint density at radius 3 is 2.41 bits per heavy atom. The molecule has 1 unspecified atom stereocenters. The maximum Gasteiger partial charge on any atom is 0.257 e. The molecule has 1 fully saturated rings. The number of hydrogen-bond acceptors (Lipinski definition) is 3. The summed E-state index contributed by atoms with van der Waals surface area (Å²) in [5.74, 6) is -2.59. The molecule has 0 aromatic heterocycles. The number of benzene rings is 3. The number of rotatable bonds is 7. The van der Waals surface area contributed by atoms with Crippen LogP contribution in [0.5, 0.6) is 0 Å². The highest BCUT2D eigenvalue weighted by Crippen LogP contribution is 2.24. The van der Waals surface area contributed by atoms with Gasteiger partial charge in [-0.2, -0.15) is 0 Å². The summed E-state index contributed by atoms with van der Waals surface area (Å²) in [6, 6.07) is 19.5. The van der Waals surface area contributed by atoms with Crippen LogP contribution in [0.1, 0.15) is 33.2 Å². The van der Waals surface area contributed by atoms with Gasteiger partial charge in [0.1, 0.15) is 0 Å². The SMILES string of the molecule is Cc1cccc(COC(CN2CCN(C(=O)c3cccc(F)c3F)CC2)c2ccc(Cl)cc2)c1. The Hall–Kier alpha value is -2.80. The minimum Gasteiger partial charge on any atom is -0.368 e. The van der Waals surface area contributed by atoms with Gasteiger partial charge >= 0.3 is 0 Å². The highest BCUT2D eigenvalue weighted by atomic mass is 35.5. The number of nitrogens with zero attached hydrogens (tertiary/aromatic N) is 2. The second kappa shape index (κ2) is 11.1. The molecule has 0 aliphatic carbocycles. The first-order valence-electron chi connectivity index (χ1n) is 11.3. The van der Waals surface area contributed by atoms with Gasteiger partial charge in [0.2, 0.25) is 0 Å². The third-order valence-corrected chi connectivity index (χ3v) is 6.29.